The Morgan fingerprint density at radius 1 is 1.16 bits per heavy atom. The van der Waals surface area contributed by atoms with Crippen LogP contribution in [0.5, 0.6) is 0 Å². The van der Waals surface area contributed by atoms with Crippen LogP contribution in [0.4, 0.5) is 11.4 Å². The molecule has 1 aromatic carbocycles. The summed E-state index contributed by atoms with van der Waals surface area (Å²) < 4.78 is 8.78. The van der Waals surface area contributed by atoms with E-state index in [9.17, 15) is 4.79 Å². The molecule has 0 bridgehead atoms. The fraction of sp³-hybridized carbons (Fsp3) is 0.143. The van der Waals surface area contributed by atoms with Gasteiger partial charge < -0.3 is 16.2 Å². The molecule has 2 rings (SSSR count). The van der Waals surface area contributed by atoms with Gasteiger partial charge >= 0.3 is 5.97 Å². The molecule has 0 atom stereocenters. The first kappa shape index (κ1) is 13.8. The number of benzene rings is 1. The van der Waals surface area contributed by atoms with Crippen LogP contribution in [0.1, 0.15) is 16.8 Å². The van der Waals surface area contributed by atoms with E-state index < -0.39 is 0 Å². The molecule has 5 heteroatoms. The van der Waals surface area contributed by atoms with Crippen LogP contribution >= 0.6 is 20.7 Å². The molecule has 1 aliphatic heterocycles. The highest BCUT2D eigenvalue weighted by Crippen LogP contribution is 2.15. The first-order chi connectivity index (χ1) is 9.15. The highest BCUT2D eigenvalue weighted by atomic mass is 127. The molecule has 1 heterocycles. The molecule has 19 heavy (non-hydrogen) atoms. The second-order valence-electron chi connectivity index (χ2n) is 4.01. The number of nitrogen functional groups attached to an aromatic ring is 2. The lowest BCUT2D eigenvalue weighted by molar-refractivity contribution is 0.0516. The van der Waals surface area contributed by atoms with E-state index in [2.05, 4.69) is 16.2 Å². The van der Waals surface area contributed by atoms with Crippen molar-refractivity contribution in [3.05, 3.63) is 46.1 Å². The van der Waals surface area contributed by atoms with E-state index in [4.69, 9.17) is 16.2 Å². The number of carbonyl (C=O) groups excluding carboxylic acids is 1. The largest absolute Gasteiger partial charge is 0.462 e. The number of esters is 1. The summed E-state index contributed by atoms with van der Waals surface area (Å²) in [5.41, 5.74) is 12.6. The number of allylic oxidation sites excluding steroid dienone is 3. The zero-order chi connectivity index (χ0) is 13.7. The molecular weight excluding hydrogens is 355 g/mol. The topological polar surface area (TPSA) is 78.3 Å². The van der Waals surface area contributed by atoms with Crippen molar-refractivity contribution in [1.82, 2.24) is 0 Å². The number of nitrogens with two attached hydrogens (primary N) is 2. The summed E-state index contributed by atoms with van der Waals surface area (Å²) >= 11 is -0.0313. The lowest BCUT2D eigenvalue weighted by Crippen LogP contribution is -2.09. The van der Waals surface area contributed by atoms with E-state index in [0.29, 0.717) is 23.5 Å². The number of ether oxygens (including phenoxy) is 1. The van der Waals surface area contributed by atoms with Crippen LogP contribution in [0.25, 0.3) is 0 Å². The number of rotatable bonds is 4. The molecular formula is C14H15IN2O2. The monoisotopic (exact) mass is 370 g/mol. The van der Waals surface area contributed by atoms with Gasteiger partial charge in [-0.1, -0.05) is 39.0 Å². The van der Waals surface area contributed by atoms with E-state index in [1.54, 1.807) is 18.2 Å². The predicted molar refractivity (Wildman–Crippen MR) is 87.5 cm³/mol. The Hall–Kier alpha value is -1.63. The van der Waals surface area contributed by atoms with E-state index in [1.165, 1.54) is 3.51 Å². The Kier molecular flexibility index (Phi) is 4.73. The molecule has 0 saturated heterocycles. The molecule has 0 amide bonds. The molecule has 1 aromatic rings. The Labute approximate surface area is 121 Å². The molecule has 0 unspecified atom stereocenters. The average Bonchev–Trinajstić information content (AvgIpc) is 2.38. The minimum absolute atomic E-state index is 0.0313. The minimum Gasteiger partial charge on any atom is -0.462 e. The zero-order valence-corrected chi connectivity index (χ0v) is 12.5. The zero-order valence-electron chi connectivity index (χ0n) is 10.3. The number of halogens is 1. The summed E-state index contributed by atoms with van der Waals surface area (Å²) in [6, 6.07) is 4.75. The first-order valence-corrected chi connectivity index (χ1v) is 8.13. The van der Waals surface area contributed by atoms with E-state index >= 15 is 0 Å². The lowest BCUT2D eigenvalue weighted by Gasteiger charge is -2.07. The van der Waals surface area contributed by atoms with Crippen molar-refractivity contribution in [2.24, 2.45) is 0 Å². The third-order valence-corrected chi connectivity index (χ3v) is 4.93. The maximum Gasteiger partial charge on any atom is 0.338 e. The standard InChI is InChI=1S/C14H15IN2O2/c16-12-7-10(8-13(17)9-12)14(18)19-6-4-11-3-1-2-5-15-11/h1-3,5,7-9H,4,6,16-17H2. The molecule has 0 spiro atoms. The number of hydrogen-bond donors (Lipinski definition) is 2. The number of anilines is 2. The molecule has 0 fully saturated rings. The molecule has 0 aromatic heterocycles. The highest BCUT2D eigenvalue weighted by molar-refractivity contribution is 14.2. The number of hydrogen-bond acceptors (Lipinski definition) is 4. The maximum atomic E-state index is 11.8. The summed E-state index contributed by atoms with van der Waals surface area (Å²) in [6.45, 7) is 0.390. The lowest BCUT2D eigenvalue weighted by atomic mass is 10.2. The smallest absolute Gasteiger partial charge is 0.338 e. The van der Waals surface area contributed by atoms with Gasteiger partial charge in [0.2, 0.25) is 0 Å². The molecule has 0 radical (unpaired) electrons. The predicted octanol–water partition coefficient (Wildman–Crippen LogP) is 2.62. The van der Waals surface area contributed by atoms with E-state index in [0.717, 1.165) is 6.42 Å². The van der Waals surface area contributed by atoms with Crippen molar-refractivity contribution >= 4 is 41.6 Å². The Morgan fingerprint density at radius 2 is 1.89 bits per heavy atom. The Bertz CT molecular complexity index is 557. The van der Waals surface area contributed by atoms with Crippen LogP contribution in [-0.4, -0.2) is 16.1 Å². The van der Waals surface area contributed by atoms with Crippen molar-refractivity contribution in [1.29, 1.82) is 0 Å². The van der Waals surface area contributed by atoms with Gasteiger partial charge in [-0.25, -0.2) is 4.79 Å². The molecule has 100 valence electrons. The molecule has 0 aliphatic carbocycles. The van der Waals surface area contributed by atoms with Crippen LogP contribution in [-0.2, 0) is 4.74 Å². The maximum absolute atomic E-state index is 11.8. The first-order valence-electron chi connectivity index (χ1n) is 5.81. The highest BCUT2D eigenvalue weighted by Gasteiger charge is 2.09. The quantitative estimate of drug-likeness (QED) is 0.485. The fourth-order valence-electron chi connectivity index (χ4n) is 1.61. The van der Waals surface area contributed by atoms with Crippen LogP contribution in [0.15, 0.2) is 40.5 Å². The second kappa shape index (κ2) is 6.51. The average molecular weight is 370 g/mol. The van der Waals surface area contributed by atoms with Crippen molar-refractivity contribution < 1.29 is 9.53 Å². The Morgan fingerprint density at radius 3 is 2.53 bits per heavy atom. The van der Waals surface area contributed by atoms with Crippen molar-refractivity contribution in [3.63, 3.8) is 0 Å². The van der Waals surface area contributed by atoms with Crippen molar-refractivity contribution in [2.75, 3.05) is 18.1 Å². The molecule has 4 N–H and O–H groups in total. The second-order valence-corrected chi connectivity index (χ2v) is 6.74. The number of carbonyl (C=O) groups is 1. The van der Waals surface area contributed by atoms with Crippen molar-refractivity contribution in [2.45, 2.75) is 6.42 Å². The summed E-state index contributed by atoms with van der Waals surface area (Å²) in [5, 5.41) is 0. The summed E-state index contributed by atoms with van der Waals surface area (Å²) in [5.74, 6) is -0.381. The molecule has 4 nitrogen and oxygen atoms in total. The van der Waals surface area contributed by atoms with Gasteiger partial charge in [0, 0.05) is 17.8 Å². The van der Waals surface area contributed by atoms with Gasteiger partial charge in [-0.2, -0.15) is 0 Å². The third-order valence-electron chi connectivity index (χ3n) is 2.45. The summed E-state index contributed by atoms with van der Waals surface area (Å²) in [7, 11) is 0. The van der Waals surface area contributed by atoms with E-state index in [1.807, 2.05) is 6.08 Å². The molecule has 1 aliphatic rings. The van der Waals surface area contributed by atoms with Crippen LogP contribution in [0.3, 0.4) is 0 Å². The normalized spacial score (nSPS) is 13.6. The van der Waals surface area contributed by atoms with Crippen LogP contribution in [0.2, 0.25) is 0 Å². The third kappa shape index (κ3) is 4.20. The van der Waals surface area contributed by atoms with Gasteiger partial charge in [0.25, 0.3) is 0 Å². The van der Waals surface area contributed by atoms with Crippen LogP contribution < -0.4 is 11.5 Å². The van der Waals surface area contributed by atoms with Gasteiger partial charge in [0.15, 0.2) is 0 Å². The van der Waals surface area contributed by atoms with Gasteiger partial charge in [0.1, 0.15) is 0 Å². The van der Waals surface area contributed by atoms with Gasteiger partial charge in [0.05, 0.1) is 12.2 Å². The van der Waals surface area contributed by atoms with E-state index in [-0.39, 0.29) is 26.7 Å². The SMILES string of the molecule is Nc1cc(N)cc(C(=O)OCCC2=IC=CC=C2)c1. The fourth-order valence-corrected chi connectivity index (χ4v) is 3.47. The Balaban J connectivity index is 1.89. The van der Waals surface area contributed by atoms with Gasteiger partial charge in [-0.15, -0.1) is 0 Å². The summed E-state index contributed by atoms with van der Waals surface area (Å²) in [6.07, 6.45) is 6.95. The summed E-state index contributed by atoms with van der Waals surface area (Å²) in [4.78, 5) is 11.8. The van der Waals surface area contributed by atoms with Gasteiger partial charge in [-0.05, 0) is 25.8 Å². The van der Waals surface area contributed by atoms with Crippen molar-refractivity contribution in [3.8, 4) is 0 Å². The molecule has 0 saturated carbocycles. The van der Waals surface area contributed by atoms with Crippen LogP contribution in [0, 0.1) is 0 Å². The minimum atomic E-state index is -0.381. The van der Waals surface area contributed by atoms with Gasteiger partial charge in [-0.3, -0.25) is 0 Å².